The maximum Gasteiger partial charge on any atom is 0.250 e. The molecule has 0 aromatic heterocycles. The lowest BCUT2D eigenvalue weighted by molar-refractivity contribution is -0.143. The topological polar surface area (TPSA) is 87.7 Å². The van der Waals surface area contributed by atoms with Gasteiger partial charge in [-0.1, -0.05) is 11.6 Å². The van der Waals surface area contributed by atoms with E-state index in [1.807, 2.05) is 13.8 Å². The number of aryl methyl sites for hydroxylation is 1. The molecule has 3 aliphatic heterocycles. The van der Waals surface area contributed by atoms with Gasteiger partial charge in [0.1, 0.15) is 5.54 Å². The molecule has 4 atom stereocenters. The Bertz CT molecular complexity index is 858. The molecular weight excluding hydrogens is 370 g/mol. The highest BCUT2D eigenvalue weighted by atomic mass is 35.5. The molecule has 8 heteroatoms. The van der Waals surface area contributed by atoms with Crippen LogP contribution in [0.3, 0.4) is 0 Å². The summed E-state index contributed by atoms with van der Waals surface area (Å²) >= 11 is 6.25. The highest BCUT2D eigenvalue weighted by Gasteiger charge is 2.69. The van der Waals surface area contributed by atoms with Crippen LogP contribution in [0.1, 0.15) is 24.5 Å². The number of nitrogens with one attached hydrogen (secondary N) is 2. The summed E-state index contributed by atoms with van der Waals surface area (Å²) in [5.41, 5.74) is 0.881. The van der Waals surface area contributed by atoms with Crippen molar-refractivity contribution in [1.29, 1.82) is 0 Å². The fourth-order valence-corrected chi connectivity index (χ4v) is 5.12. The van der Waals surface area contributed by atoms with Gasteiger partial charge in [-0.2, -0.15) is 0 Å². The van der Waals surface area contributed by atoms with Gasteiger partial charge in [-0.15, -0.1) is 0 Å². The van der Waals surface area contributed by atoms with Gasteiger partial charge in [-0.05, 0) is 38.0 Å². The largest absolute Gasteiger partial charge is 0.385 e. The summed E-state index contributed by atoms with van der Waals surface area (Å²) in [5.74, 6) is -2.18. The first kappa shape index (κ1) is 18.4. The number of carbonyl (C=O) groups is 3. The van der Waals surface area contributed by atoms with Gasteiger partial charge in [0, 0.05) is 42.6 Å². The predicted molar refractivity (Wildman–Crippen MR) is 99.3 cm³/mol. The molecular formula is C19H22ClN3O4. The van der Waals surface area contributed by atoms with Crippen molar-refractivity contribution in [3.05, 3.63) is 28.3 Å². The van der Waals surface area contributed by atoms with Gasteiger partial charge in [0.05, 0.1) is 11.8 Å². The number of amides is 3. The second kappa shape index (κ2) is 6.29. The van der Waals surface area contributed by atoms with Gasteiger partial charge in [-0.25, -0.2) is 0 Å². The Balaban J connectivity index is 1.80. The molecule has 1 aromatic rings. The first-order valence-corrected chi connectivity index (χ1v) is 9.44. The molecule has 4 rings (SSSR count). The summed E-state index contributed by atoms with van der Waals surface area (Å²) in [7, 11) is 1.58. The number of benzene rings is 1. The number of nitrogens with zero attached hydrogens (tertiary/aromatic N) is 1. The van der Waals surface area contributed by atoms with E-state index in [0.717, 1.165) is 5.56 Å². The van der Waals surface area contributed by atoms with Crippen LogP contribution in [0.2, 0.25) is 5.02 Å². The van der Waals surface area contributed by atoms with E-state index < -0.39 is 17.4 Å². The minimum absolute atomic E-state index is 0.224. The molecule has 0 radical (unpaired) electrons. The first-order valence-electron chi connectivity index (χ1n) is 9.07. The molecule has 144 valence electrons. The third-order valence-electron chi connectivity index (χ3n) is 5.95. The number of anilines is 1. The third-order valence-corrected chi connectivity index (χ3v) is 6.17. The number of rotatable bonds is 4. The van der Waals surface area contributed by atoms with Crippen molar-refractivity contribution in [1.82, 2.24) is 10.2 Å². The quantitative estimate of drug-likeness (QED) is 0.598. The predicted octanol–water partition coefficient (Wildman–Crippen LogP) is 1.43. The average Bonchev–Trinajstić information content (AvgIpc) is 3.16. The van der Waals surface area contributed by atoms with Gasteiger partial charge in [0.2, 0.25) is 17.7 Å². The monoisotopic (exact) mass is 391 g/mol. The normalized spacial score (nSPS) is 31.6. The minimum atomic E-state index is -1.27. The van der Waals surface area contributed by atoms with Gasteiger partial charge in [-0.3, -0.25) is 24.6 Å². The van der Waals surface area contributed by atoms with Crippen LogP contribution in [0, 0.1) is 18.8 Å². The first-order chi connectivity index (χ1) is 12.8. The van der Waals surface area contributed by atoms with Crippen LogP contribution >= 0.6 is 11.6 Å². The van der Waals surface area contributed by atoms with Crippen LogP contribution in [-0.2, 0) is 24.7 Å². The zero-order valence-electron chi connectivity index (χ0n) is 15.5. The number of hydrogen-bond acceptors (Lipinski definition) is 5. The third kappa shape index (κ3) is 2.38. The number of imide groups is 1. The van der Waals surface area contributed by atoms with Crippen molar-refractivity contribution >= 4 is 35.0 Å². The lowest BCUT2D eigenvalue weighted by Gasteiger charge is -2.29. The van der Waals surface area contributed by atoms with Crippen LogP contribution in [-0.4, -0.2) is 48.9 Å². The van der Waals surface area contributed by atoms with Crippen molar-refractivity contribution < 1.29 is 19.1 Å². The maximum absolute atomic E-state index is 13.2. The highest BCUT2D eigenvalue weighted by molar-refractivity contribution is 6.31. The Kier molecular flexibility index (Phi) is 4.29. The number of hydrogen-bond donors (Lipinski definition) is 2. The van der Waals surface area contributed by atoms with Crippen molar-refractivity contribution in [2.24, 2.45) is 11.8 Å². The number of carbonyl (C=O) groups excluding carboxylic acids is 3. The summed E-state index contributed by atoms with van der Waals surface area (Å²) in [6.07, 6.45) is 0.565. The molecule has 2 N–H and O–H groups in total. The van der Waals surface area contributed by atoms with E-state index in [2.05, 4.69) is 10.6 Å². The second-order valence-corrected chi connectivity index (χ2v) is 7.95. The van der Waals surface area contributed by atoms with E-state index in [9.17, 15) is 14.4 Å². The molecule has 0 bridgehead atoms. The molecule has 7 nitrogen and oxygen atoms in total. The highest BCUT2D eigenvalue weighted by Crippen LogP contribution is 2.53. The zero-order chi connectivity index (χ0) is 19.5. The minimum Gasteiger partial charge on any atom is -0.385 e. The number of halogens is 1. The van der Waals surface area contributed by atoms with E-state index in [1.165, 1.54) is 4.90 Å². The molecule has 1 aromatic carbocycles. The summed E-state index contributed by atoms with van der Waals surface area (Å²) in [5, 5.41) is 6.67. The van der Waals surface area contributed by atoms with Crippen molar-refractivity contribution in [3.63, 3.8) is 0 Å². The van der Waals surface area contributed by atoms with E-state index in [4.69, 9.17) is 16.3 Å². The Morgan fingerprint density at radius 1 is 1.26 bits per heavy atom. The smallest absolute Gasteiger partial charge is 0.250 e. The molecule has 3 heterocycles. The van der Waals surface area contributed by atoms with Crippen molar-refractivity contribution in [3.8, 4) is 0 Å². The van der Waals surface area contributed by atoms with E-state index in [1.54, 1.807) is 19.2 Å². The molecule has 0 aliphatic carbocycles. The number of ether oxygens (including phenoxy) is 1. The molecule has 3 amide bonds. The Hall–Kier alpha value is -1.96. The number of fused-ring (bicyclic) bond motifs is 4. The van der Waals surface area contributed by atoms with Crippen LogP contribution in [0.4, 0.5) is 5.69 Å². The second-order valence-electron chi connectivity index (χ2n) is 7.52. The van der Waals surface area contributed by atoms with Crippen molar-refractivity contribution in [2.45, 2.75) is 31.8 Å². The Morgan fingerprint density at radius 2 is 2.00 bits per heavy atom. The van der Waals surface area contributed by atoms with Crippen LogP contribution in [0.5, 0.6) is 0 Å². The van der Waals surface area contributed by atoms with Crippen LogP contribution in [0.15, 0.2) is 12.1 Å². The summed E-state index contributed by atoms with van der Waals surface area (Å²) in [4.78, 5) is 40.6. The van der Waals surface area contributed by atoms with E-state index >= 15 is 0 Å². The van der Waals surface area contributed by atoms with Crippen molar-refractivity contribution in [2.75, 3.05) is 25.6 Å². The van der Waals surface area contributed by atoms with Gasteiger partial charge in [0.15, 0.2) is 0 Å². The van der Waals surface area contributed by atoms with Crippen LogP contribution in [0.25, 0.3) is 0 Å². The summed E-state index contributed by atoms with van der Waals surface area (Å²) in [6.45, 7) is 4.46. The lowest BCUT2D eigenvalue weighted by Crippen LogP contribution is -2.53. The fraction of sp³-hybridized carbons (Fsp3) is 0.526. The van der Waals surface area contributed by atoms with Gasteiger partial charge < -0.3 is 10.1 Å². The number of methoxy groups -OCH3 is 1. The van der Waals surface area contributed by atoms with Gasteiger partial charge >= 0.3 is 0 Å². The Morgan fingerprint density at radius 3 is 2.70 bits per heavy atom. The molecule has 27 heavy (non-hydrogen) atoms. The average molecular weight is 392 g/mol. The Labute approximate surface area is 162 Å². The molecule has 3 aliphatic rings. The maximum atomic E-state index is 13.2. The molecule has 0 saturated carbocycles. The standard InChI is InChI=1S/C19H22ClN3O4/c1-9-7-11(20)8-12-15(9)21-18(26)19(12)14-13(10(2)22-19)16(24)23(17(14)25)5-4-6-27-3/h7-8,10,13-14,22H,4-6H2,1-3H3,(H,21,26). The van der Waals surface area contributed by atoms with E-state index in [0.29, 0.717) is 35.8 Å². The molecule has 2 fully saturated rings. The SMILES string of the molecule is COCCCN1C(=O)C2C(C)NC3(C(=O)Nc4c(C)cc(Cl)cc43)C2C1=O. The zero-order valence-corrected chi connectivity index (χ0v) is 16.2. The van der Waals surface area contributed by atoms with E-state index in [-0.39, 0.29) is 23.8 Å². The fourth-order valence-electron chi connectivity index (χ4n) is 4.84. The molecule has 4 unspecified atom stereocenters. The van der Waals surface area contributed by atoms with Crippen LogP contribution < -0.4 is 10.6 Å². The summed E-state index contributed by atoms with van der Waals surface area (Å²) < 4.78 is 5.03. The number of likely N-dealkylation sites (tertiary alicyclic amines) is 1. The lowest BCUT2D eigenvalue weighted by atomic mass is 9.76. The molecule has 2 saturated heterocycles. The van der Waals surface area contributed by atoms with Gasteiger partial charge in [0.25, 0.3) is 0 Å². The summed E-state index contributed by atoms with van der Waals surface area (Å²) in [6, 6.07) is 3.18. The molecule has 1 spiro atoms.